The Bertz CT molecular complexity index is 1230. The summed E-state index contributed by atoms with van der Waals surface area (Å²) in [4.78, 5) is 29.1. The summed E-state index contributed by atoms with van der Waals surface area (Å²) in [6.45, 7) is 10.2. The van der Waals surface area contributed by atoms with E-state index in [0.29, 0.717) is 23.1 Å². The molecule has 1 saturated carbocycles. The maximum absolute atomic E-state index is 13.5. The van der Waals surface area contributed by atoms with Crippen molar-refractivity contribution in [2.24, 2.45) is 45.8 Å². The van der Waals surface area contributed by atoms with Crippen molar-refractivity contribution in [2.75, 3.05) is 19.8 Å². The van der Waals surface area contributed by atoms with Crippen LogP contribution in [0.4, 0.5) is 0 Å². The molecule has 0 radical (unpaired) electrons. The van der Waals surface area contributed by atoms with Crippen molar-refractivity contribution in [3.8, 4) is 0 Å². The molecule has 206 valence electrons. The average molecular weight is 636 g/mol. The van der Waals surface area contributed by atoms with Gasteiger partial charge in [-0.25, -0.2) is 0 Å². The van der Waals surface area contributed by atoms with E-state index in [1.54, 1.807) is 6.08 Å². The van der Waals surface area contributed by atoms with E-state index in [1.807, 2.05) is 13.8 Å². The molecule has 8 rings (SSSR count). The quantitative estimate of drug-likeness (QED) is 0.245. The molecule has 1 N–H and O–H groups in total. The highest BCUT2D eigenvalue weighted by Crippen LogP contribution is 2.78. The number of hydrogen-bond donors (Lipinski definition) is 1. The van der Waals surface area contributed by atoms with Crippen molar-refractivity contribution in [3.05, 3.63) is 23.4 Å². The molecular formula is C30H38INO6. The highest BCUT2D eigenvalue weighted by atomic mass is 127. The Labute approximate surface area is 237 Å². The molecule has 7 nitrogen and oxygen atoms in total. The van der Waals surface area contributed by atoms with Crippen molar-refractivity contribution in [1.29, 1.82) is 0 Å². The van der Waals surface area contributed by atoms with Gasteiger partial charge in [-0.1, -0.05) is 55.0 Å². The second-order valence-electron chi connectivity index (χ2n) is 14.3. The summed E-state index contributed by atoms with van der Waals surface area (Å²) in [6, 6.07) is 0. The Morgan fingerprint density at radius 1 is 1.18 bits per heavy atom. The zero-order valence-electron chi connectivity index (χ0n) is 22.7. The molecule has 0 amide bonds. The van der Waals surface area contributed by atoms with Gasteiger partial charge in [0.15, 0.2) is 17.3 Å². The monoisotopic (exact) mass is 635 g/mol. The summed E-state index contributed by atoms with van der Waals surface area (Å²) in [7, 11) is 0. The lowest BCUT2D eigenvalue weighted by Gasteiger charge is -2.68. The van der Waals surface area contributed by atoms with E-state index in [1.165, 1.54) is 5.70 Å². The number of aliphatic hydroxyl groups is 1. The van der Waals surface area contributed by atoms with Crippen LogP contribution in [-0.2, 0) is 23.8 Å². The largest absolute Gasteiger partial charge is 0.465 e. The van der Waals surface area contributed by atoms with Gasteiger partial charge in [-0.05, 0) is 50.5 Å². The van der Waals surface area contributed by atoms with Crippen LogP contribution in [0.1, 0.15) is 59.8 Å². The minimum Gasteiger partial charge on any atom is -0.465 e. The molecule has 5 heterocycles. The third kappa shape index (κ3) is 2.51. The number of alkyl halides is 1. The normalized spacial score (nSPS) is 58.1. The summed E-state index contributed by atoms with van der Waals surface area (Å²) >= 11 is 2.62. The van der Waals surface area contributed by atoms with E-state index in [9.17, 15) is 14.7 Å². The fraction of sp³-hybridized carbons (Fsp3) is 0.800. The molecule has 6 fully saturated rings. The number of fused-ring (bicyclic) bond motifs is 5. The third-order valence-electron chi connectivity index (χ3n) is 12.7. The van der Waals surface area contributed by atoms with Crippen molar-refractivity contribution in [2.45, 2.75) is 81.3 Å². The number of hydrogen-bond acceptors (Lipinski definition) is 7. The van der Waals surface area contributed by atoms with Crippen molar-refractivity contribution < 1.29 is 28.9 Å². The van der Waals surface area contributed by atoms with Gasteiger partial charge in [0.1, 0.15) is 0 Å². The molecule has 8 heteroatoms. The highest BCUT2D eigenvalue weighted by Gasteiger charge is 2.82. The summed E-state index contributed by atoms with van der Waals surface area (Å²) < 4.78 is 19.6. The topological polar surface area (TPSA) is 85.3 Å². The molecule has 12 atom stereocenters. The molecule has 3 aliphatic carbocycles. The van der Waals surface area contributed by atoms with Crippen LogP contribution in [-0.4, -0.2) is 63.1 Å². The van der Waals surface area contributed by atoms with Crippen molar-refractivity contribution >= 4 is 34.3 Å². The molecule has 5 aliphatic heterocycles. The number of carbonyl (C=O) groups is 2. The minimum atomic E-state index is -1.48. The Hall–Kier alpha value is -0.970. The lowest BCUT2D eigenvalue weighted by molar-refractivity contribution is -0.293. The predicted octanol–water partition coefficient (Wildman–Crippen LogP) is 3.98. The van der Waals surface area contributed by atoms with Gasteiger partial charge >= 0.3 is 5.97 Å². The minimum absolute atomic E-state index is 0.0162. The zero-order chi connectivity index (χ0) is 26.6. The second kappa shape index (κ2) is 7.26. The Morgan fingerprint density at radius 2 is 1.97 bits per heavy atom. The van der Waals surface area contributed by atoms with Crippen LogP contribution in [0.5, 0.6) is 0 Å². The number of piperidine rings is 1. The zero-order valence-corrected chi connectivity index (χ0v) is 24.8. The van der Waals surface area contributed by atoms with Crippen LogP contribution < -0.4 is 0 Å². The van der Waals surface area contributed by atoms with Gasteiger partial charge in [-0.2, -0.15) is 0 Å². The second-order valence-corrected chi connectivity index (χ2v) is 15.6. The van der Waals surface area contributed by atoms with E-state index in [2.05, 4.69) is 47.4 Å². The van der Waals surface area contributed by atoms with E-state index in [-0.39, 0.29) is 59.1 Å². The van der Waals surface area contributed by atoms with Gasteiger partial charge in [0, 0.05) is 46.2 Å². The van der Waals surface area contributed by atoms with Crippen molar-refractivity contribution in [3.63, 3.8) is 0 Å². The standard InChI is InChI=1S/C30H38INO6/c1-15-7-19-23(20(33)8-15)17(3)30(35)25-27(19,13-37-30)10-21-26(4,28(25)11-22(34)36-14-28)5-6-29-24(31)16(2)9-18(38-29)12-32(21)29/h8,10,16-19,23-25,35H,5-7,9,11-14H2,1-4H3/t16-,17+,18+,19+,23-,24+,25-,26+,27?,28?,29-,30-/m0/s1. The Balaban J connectivity index is 1.40. The molecule has 38 heavy (non-hydrogen) atoms. The summed E-state index contributed by atoms with van der Waals surface area (Å²) in [5.41, 5.74) is 0.449. The maximum atomic E-state index is 13.5. The Morgan fingerprint density at radius 3 is 2.71 bits per heavy atom. The molecule has 0 aromatic rings. The number of rotatable bonds is 0. The van der Waals surface area contributed by atoms with Gasteiger partial charge in [0.25, 0.3) is 0 Å². The first-order valence-electron chi connectivity index (χ1n) is 14.5. The van der Waals surface area contributed by atoms with Gasteiger partial charge in [0.2, 0.25) is 0 Å². The van der Waals surface area contributed by atoms with Gasteiger partial charge < -0.3 is 24.2 Å². The fourth-order valence-electron chi connectivity index (χ4n) is 11.1. The average Bonchev–Trinajstić information content (AvgIpc) is 3.49. The number of halogens is 1. The first-order valence-corrected chi connectivity index (χ1v) is 15.7. The molecule has 2 unspecified atom stereocenters. The predicted molar refractivity (Wildman–Crippen MR) is 146 cm³/mol. The number of ketones is 1. The van der Waals surface area contributed by atoms with Gasteiger partial charge in [-0.3, -0.25) is 9.59 Å². The lowest BCUT2D eigenvalue weighted by Crippen LogP contribution is -2.72. The third-order valence-corrected chi connectivity index (χ3v) is 14.9. The number of allylic oxidation sites excluding steroid dienone is 3. The van der Waals surface area contributed by atoms with Crippen LogP contribution in [0.3, 0.4) is 0 Å². The van der Waals surface area contributed by atoms with E-state index in [0.717, 1.165) is 37.8 Å². The molecule has 8 aliphatic rings. The highest BCUT2D eigenvalue weighted by molar-refractivity contribution is 14.1. The number of esters is 1. The van der Waals surface area contributed by atoms with Gasteiger partial charge in [-0.15, -0.1) is 0 Å². The van der Waals surface area contributed by atoms with Crippen LogP contribution in [0.25, 0.3) is 0 Å². The molecule has 0 aromatic carbocycles. The van der Waals surface area contributed by atoms with Crippen LogP contribution in [0, 0.1) is 45.8 Å². The summed E-state index contributed by atoms with van der Waals surface area (Å²) in [5.74, 6) is -1.97. The van der Waals surface area contributed by atoms with Gasteiger partial charge in [0.05, 0.1) is 29.7 Å². The SMILES string of the molecule is CC1=CC(=O)[C@@H]2[C@@H](C1)C13C=C4N5C[C@H]6C[C@H](C)[C@@H](I)[C@]5(CC[C@@]4(C)C4(COC(=O)C4)[C@H]1[C@@](O)(OC3)[C@@H]2C)O6. The smallest absolute Gasteiger partial charge is 0.306 e. The van der Waals surface area contributed by atoms with Crippen LogP contribution >= 0.6 is 22.6 Å². The number of carbonyl (C=O) groups excluding carboxylic acids is 2. The molecule has 4 bridgehead atoms. The number of ether oxygens (including phenoxy) is 3. The summed E-state index contributed by atoms with van der Waals surface area (Å²) in [5, 5.41) is 12.5. The first kappa shape index (κ1) is 24.8. The molecule has 2 spiro atoms. The maximum Gasteiger partial charge on any atom is 0.306 e. The van der Waals surface area contributed by atoms with E-state index < -0.39 is 16.6 Å². The van der Waals surface area contributed by atoms with E-state index >= 15 is 0 Å². The summed E-state index contributed by atoms with van der Waals surface area (Å²) in [6.07, 6.45) is 8.33. The number of nitrogens with zero attached hydrogens (tertiary/aromatic N) is 1. The molecule has 5 saturated heterocycles. The molecular weight excluding hydrogens is 597 g/mol. The fourth-order valence-corrected chi connectivity index (χ4v) is 12.2. The lowest BCUT2D eigenvalue weighted by atomic mass is 9.37. The van der Waals surface area contributed by atoms with E-state index in [4.69, 9.17) is 14.2 Å². The first-order chi connectivity index (χ1) is 17.9. The van der Waals surface area contributed by atoms with Crippen LogP contribution in [0.15, 0.2) is 23.4 Å². The Kier molecular flexibility index (Phi) is 4.74. The molecule has 0 aromatic heterocycles. The van der Waals surface area contributed by atoms with Crippen molar-refractivity contribution in [1.82, 2.24) is 4.90 Å². The van der Waals surface area contributed by atoms with Crippen LogP contribution in [0.2, 0.25) is 0 Å². The number of cyclic esters (lactones) is 1.